The summed E-state index contributed by atoms with van der Waals surface area (Å²) in [5, 5.41) is 8.76. The molecule has 0 saturated carbocycles. The first-order valence-corrected chi connectivity index (χ1v) is 5.00. The molecule has 1 N–H and O–H groups in total. The highest BCUT2D eigenvalue weighted by molar-refractivity contribution is 5.29. The molecule has 0 bridgehead atoms. The lowest BCUT2D eigenvalue weighted by Gasteiger charge is -2.26. The summed E-state index contributed by atoms with van der Waals surface area (Å²) in [6.07, 6.45) is 2.95. The fourth-order valence-corrected chi connectivity index (χ4v) is 1.28. The van der Waals surface area contributed by atoms with Crippen LogP contribution in [0.15, 0.2) is 12.4 Å². The number of aliphatic hydroxyl groups excluding tert-OH is 1. The monoisotopic (exact) mass is 213 g/mol. The molecule has 1 heterocycles. The second-order valence-electron chi connectivity index (χ2n) is 3.57. The summed E-state index contributed by atoms with van der Waals surface area (Å²) in [5.41, 5.74) is 0. The highest BCUT2D eigenvalue weighted by atomic mass is 19.1. The van der Waals surface area contributed by atoms with E-state index in [0.29, 0.717) is 18.9 Å². The van der Waals surface area contributed by atoms with E-state index >= 15 is 0 Å². The smallest absolute Gasteiger partial charge is 0.225 e. The highest BCUT2D eigenvalue weighted by Crippen LogP contribution is 2.10. The van der Waals surface area contributed by atoms with Crippen LogP contribution in [-0.2, 0) is 0 Å². The van der Waals surface area contributed by atoms with E-state index in [1.54, 1.807) is 0 Å². The molecule has 0 atom stereocenters. The molecule has 0 saturated heterocycles. The lowest BCUT2D eigenvalue weighted by molar-refractivity contribution is 0.288. The topological polar surface area (TPSA) is 49.2 Å². The van der Waals surface area contributed by atoms with Gasteiger partial charge in [0.15, 0.2) is 5.82 Å². The maximum absolute atomic E-state index is 12.6. The molecule has 84 valence electrons. The van der Waals surface area contributed by atoms with Crippen molar-refractivity contribution in [3.8, 4) is 0 Å². The van der Waals surface area contributed by atoms with Crippen LogP contribution in [0, 0.1) is 5.82 Å². The summed E-state index contributed by atoms with van der Waals surface area (Å²) in [6.45, 7) is 4.80. The number of hydrogen-bond donors (Lipinski definition) is 1. The summed E-state index contributed by atoms with van der Waals surface area (Å²) >= 11 is 0. The fourth-order valence-electron chi connectivity index (χ4n) is 1.28. The molecule has 1 aromatic rings. The van der Waals surface area contributed by atoms with Crippen molar-refractivity contribution >= 4 is 5.95 Å². The average Bonchev–Trinajstić information content (AvgIpc) is 2.21. The number of aromatic nitrogens is 2. The predicted octanol–water partition coefficient (Wildman–Crippen LogP) is 1.21. The Hall–Kier alpha value is -1.23. The van der Waals surface area contributed by atoms with E-state index in [0.717, 1.165) is 12.4 Å². The molecule has 5 heteroatoms. The molecule has 0 aromatic carbocycles. The lowest BCUT2D eigenvalue weighted by Crippen LogP contribution is -2.33. The third-order valence-electron chi connectivity index (χ3n) is 2.04. The highest BCUT2D eigenvalue weighted by Gasteiger charge is 2.12. The Labute approximate surface area is 88.8 Å². The number of rotatable bonds is 5. The van der Waals surface area contributed by atoms with Gasteiger partial charge in [-0.1, -0.05) is 0 Å². The van der Waals surface area contributed by atoms with E-state index < -0.39 is 5.82 Å². The van der Waals surface area contributed by atoms with E-state index in [9.17, 15) is 4.39 Å². The van der Waals surface area contributed by atoms with Crippen LogP contribution >= 0.6 is 0 Å². The zero-order valence-electron chi connectivity index (χ0n) is 9.02. The Morgan fingerprint density at radius 1 is 1.40 bits per heavy atom. The molecular formula is C10H16FN3O. The molecule has 0 aliphatic rings. The summed E-state index contributed by atoms with van der Waals surface area (Å²) in [6, 6.07) is 0.224. The molecule has 0 amide bonds. The van der Waals surface area contributed by atoms with Gasteiger partial charge in [0, 0.05) is 19.2 Å². The Morgan fingerprint density at radius 2 is 2.00 bits per heavy atom. The quantitative estimate of drug-likeness (QED) is 0.798. The van der Waals surface area contributed by atoms with Crippen molar-refractivity contribution in [3.63, 3.8) is 0 Å². The molecule has 15 heavy (non-hydrogen) atoms. The molecule has 0 unspecified atom stereocenters. The van der Waals surface area contributed by atoms with Crippen molar-refractivity contribution in [2.45, 2.75) is 26.3 Å². The van der Waals surface area contributed by atoms with E-state index in [1.807, 2.05) is 18.7 Å². The van der Waals surface area contributed by atoms with Gasteiger partial charge in [-0.2, -0.15) is 0 Å². The average molecular weight is 213 g/mol. The minimum absolute atomic E-state index is 0.129. The van der Waals surface area contributed by atoms with Crippen LogP contribution in [0.5, 0.6) is 0 Å². The standard InChI is InChI=1S/C10H16FN3O/c1-8(2)14(4-3-5-15)10-12-6-9(11)7-13-10/h6-8,15H,3-5H2,1-2H3. The molecule has 0 spiro atoms. The van der Waals surface area contributed by atoms with Crippen molar-refractivity contribution in [1.29, 1.82) is 0 Å². The maximum Gasteiger partial charge on any atom is 0.225 e. The third kappa shape index (κ3) is 3.43. The van der Waals surface area contributed by atoms with Crippen LogP contribution in [0.1, 0.15) is 20.3 Å². The van der Waals surface area contributed by atoms with Crippen molar-refractivity contribution in [3.05, 3.63) is 18.2 Å². The zero-order chi connectivity index (χ0) is 11.3. The molecule has 1 rings (SSSR count). The first-order chi connectivity index (χ1) is 7.15. The number of anilines is 1. The van der Waals surface area contributed by atoms with Gasteiger partial charge in [0.1, 0.15) is 0 Å². The Balaban J connectivity index is 2.74. The lowest BCUT2D eigenvalue weighted by atomic mass is 10.3. The van der Waals surface area contributed by atoms with Gasteiger partial charge in [0.2, 0.25) is 5.95 Å². The summed E-state index contributed by atoms with van der Waals surface area (Å²) in [4.78, 5) is 9.75. The van der Waals surface area contributed by atoms with Crippen molar-refractivity contribution < 1.29 is 9.50 Å². The molecule has 0 aliphatic heterocycles. The Kier molecular flexibility index (Phi) is 4.42. The molecular weight excluding hydrogens is 197 g/mol. The predicted molar refractivity (Wildman–Crippen MR) is 56.2 cm³/mol. The summed E-state index contributed by atoms with van der Waals surface area (Å²) in [5.74, 6) is 0.0597. The van der Waals surface area contributed by atoms with Gasteiger partial charge in [0.05, 0.1) is 12.4 Å². The third-order valence-corrected chi connectivity index (χ3v) is 2.04. The zero-order valence-corrected chi connectivity index (χ0v) is 9.02. The van der Waals surface area contributed by atoms with Gasteiger partial charge in [0.25, 0.3) is 0 Å². The van der Waals surface area contributed by atoms with Crippen LogP contribution in [0.25, 0.3) is 0 Å². The van der Waals surface area contributed by atoms with Crippen LogP contribution in [0.2, 0.25) is 0 Å². The number of aliphatic hydroxyl groups is 1. The van der Waals surface area contributed by atoms with Crippen LogP contribution < -0.4 is 4.90 Å². The second kappa shape index (κ2) is 5.60. The van der Waals surface area contributed by atoms with Gasteiger partial charge < -0.3 is 10.0 Å². The molecule has 0 aliphatic carbocycles. The van der Waals surface area contributed by atoms with Gasteiger partial charge in [-0.25, -0.2) is 14.4 Å². The van der Waals surface area contributed by atoms with Gasteiger partial charge in [-0.3, -0.25) is 0 Å². The number of nitrogens with zero attached hydrogens (tertiary/aromatic N) is 3. The van der Waals surface area contributed by atoms with Gasteiger partial charge >= 0.3 is 0 Å². The SMILES string of the molecule is CC(C)N(CCCO)c1ncc(F)cn1. The van der Waals surface area contributed by atoms with Crippen LogP contribution in [0.4, 0.5) is 10.3 Å². The first-order valence-electron chi connectivity index (χ1n) is 5.00. The molecule has 1 aromatic heterocycles. The normalized spacial score (nSPS) is 10.7. The Bertz CT molecular complexity index is 289. The van der Waals surface area contributed by atoms with Crippen molar-refractivity contribution in [1.82, 2.24) is 9.97 Å². The van der Waals surface area contributed by atoms with Crippen molar-refractivity contribution in [2.24, 2.45) is 0 Å². The van der Waals surface area contributed by atoms with E-state index in [4.69, 9.17) is 5.11 Å². The first kappa shape index (κ1) is 11.8. The maximum atomic E-state index is 12.6. The van der Waals surface area contributed by atoms with Crippen molar-refractivity contribution in [2.75, 3.05) is 18.1 Å². The van der Waals surface area contributed by atoms with Gasteiger partial charge in [-0.05, 0) is 20.3 Å². The second-order valence-corrected chi connectivity index (χ2v) is 3.57. The summed E-state index contributed by atoms with van der Waals surface area (Å²) < 4.78 is 12.6. The largest absolute Gasteiger partial charge is 0.396 e. The van der Waals surface area contributed by atoms with E-state index in [-0.39, 0.29) is 12.6 Å². The number of hydrogen-bond acceptors (Lipinski definition) is 4. The molecule has 0 fully saturated rings. The minimum atomic E-state index is -0.440. The molecule has 0 radical (unpaired) electrons. The van der Waals surface area contributed by atoms with Crippen LogP contribution in [-0.4, -0.2) is 34.3 Å². The minimum Gasteiger partial charge on any atom is -0.396 e. The van der Waals surface area contributed by atoms with Gasteiger partial charge in [-0.15, -0.1) is 0 Å². The molecule has 4 nitrogen and oxygen atoms in total. The van der Waals surface area contributed by atoms with E-state index in [2.05, 4.69) is 9.97 Å². The number of halogens is 1. The van der Waals surface area contributed by atoms with Crippen LogP contribution in [0.3, 0.4) is 0 Å². The fraction of sp³-hybridized carbons (Fsp3) is 0.600. The summed E-state index contributed by atoms with van der Waals surface area (Å²) in [7, 11) is 0. The van der Waals surface area contributed by atoms with E-state index in [1.165, 1.54) is 0 Å². The Morgan fingerprint density at radius 3 is 2.47 bits per heavy atom.